The number of nitrogens with zero attached hydrogens (tertiary/aromatic N) is 6. The number of aromatic nitrogens is 7. The van der Waals surface area contributed by atoms with Crippen LogP contribution in [0.1, 0.15) is 10.5 Å². The lowest BCUT2D eigenvalue weighted by Crippen LogP contribution is -2.14. The Balaban J connectivity index is 1.63. The highest BCUT2D eigenvalue weighted by molar-refractivity contribution is 6.04. The average molecular weight is 346 g/mol. The van der Waals surface area contributed by atoms with Gasteiger partial charge in [0.2, 0.25) is 0 Å². The fourth-order valence-electron chi connectivity index (χ4n) is 2.46. The average Bonchev–Trinajstić information content (AvgIpc) is 3.32. The van der Waals surface area contributed by atoms with E-state index in [1.54, 1.807) is 42.6 Å². The summed E-state index contributed by atoms with van der Waals surface area (Å²) in [5.74, 6) is -0.385. The number of anilines is 1. The number of carbonyl (C=O) groups excluding carboxylic acids is 1. The van der Waals surface area contributed by atoms with E-state index in [4.69, 9.17) is 0 Å². The molecule has 0 radical (unpaired) electrons. The summed E-state index contributed by atoms with van der Waals surface area (Å²) < 4.78 is 1.62. The van der Waals surface area contributed by atoms with E-state index < -0.39 is 0 Å². The second-order valence-corrected chi connectivity index (χ2v) is 5.49. The number of aromatic amines is 1. The Labute approximate surface area is 148 Å². The Morgan fingerprint density at radius 2 is 2.08 bits per heavy atom. The molecule has 4 rings (SSSR count). The molecule has 4 aromatic rings. The molecule has 128 valence electrons. The van der Waals surface area contributed by atoms with Crippen molar-refractivity contribution >= 4 is 11.6 Å². The third-order valence-electron chi connectivity index (χ3n) is 3.63. The van der Waals surface area contributed by atoms with Crippen LogP contribution in [-0.2, 0) is 7.05 Å². The van der Waals surface area contributed by atoms with E-state index in [0.29, 0.717) is 28.5 Å². The summed E-state index contributed by atoms with van der Waals surface area (Å²) in [4.78, 5) is 25.3. The molecule has 0 fully saturated rings. The first-order valence-corrected chi connectivity index (χ1v) is 7.79. The van der Waals surface area contributed by atoms with Crippen molar-refractivity contribution in [2.24, 2.45) is 7.05 Å². The minimum absolute atomic E-state index is 0.188. The quantitative estimate of drug-likeness (QED) is 0.583. The van der Waals surface area contributed by atoms with Gasteiger partial charge in [0, 0.05) is 25.6 Å². The Hall–Kier alpha value is -3.88. The van der Waals surface area contributed by atoms with E-state index in [1.165, 1.54) is 6.20 Å². The molecule has 4 heterocycles. The molecule has 0 spiro atoms. The van der Waals surface area contributed by atoms with Crippen LogP contribution in [0.4, 0.5) is 5.69 Å². The SMILES string of the molecule is Cn1cc(NC(=O)c2cncc(-c3ccn[nH]3)n2)c(-c2ccccn2)n1. The van der Waals surface area contributed by atoms with E-state index >= 15 is 0 Å². The van der Waals surface area contributed by atoms with Crippen LogP contribution < -0.4 is 5.32 Å². The van der Waals surface area contributed by atoms with Gasteiger partial charge < -0.3 is 5.32 Å². The van der Waals surface area contributed by atoms with E-state index in [2.05, 4.69) is 35.6 Å². The lowest BCUT2D eigenvalue weighted by atomic mass is 10.2. The van der Waals surface area contributed by atoms with Crippen LogP contribution >= 0.6 is 0 Å². The Morgan fingerprint density at radius 1 is 1.15 bits per heavy atom. The van der Waals surface area contributed by atoms with E-state index in [9.17, 15) is 4.79 Å². The van der Waals surface area contributed by atoms with Gasteiger partial charge in [0.1, 0.15) is 17.1 Å². The number of rotatable bonds is 4. The lowest BCUT2D eigenvalue weighted by molar-refractivity contribution is 0.102. The van der Waals surface area contributed by atoms with Crippen molar-refractivity contribution in [1.82, 2.24) is 34.9 Å². The third kappa shape index (κ3) is 3.05. The second-order valence-electron chi connectivity index (χ2n) is 5.49. The normalized spacial score (nSPS) is 10.7. The summed E-state index contributed by atoms with van der Waals surface area (Å²) in [6.07, 6.45) is 7.97. The van der Waals surface area contributed by atoms with Gasteiger partial charge in [0.15, 0.2) is 0 Å². The zero-order valence-electron chi connectivity index (χ0n) is 13.8. The van der Waals surface area contributed by atoms with Gasteiger partial charge in [-0.15, -0.1) is 0 Å². The van der Waals surface area contributed by atoms with Crippen LogP contribution in [0.3, 0.4) is 0 Å². The summed E-state index contributed by atoms with van der Waals surface area (Å²) in [5, 5.41) is 13.9. The van der Waals surface area contributed by atoms with Gasteiger partial charge in [-0.1, -0.05) is 6.07 Å². The molecule has 2 N–H and O–H groups in total. The summed E-state index contributed by atoms with van der Waals surface area (Å²) in [6, 6.07) is 7.27. The number of amides is 1. The topological polar surface area (TPSA) is 114 Å². The molecule has 9 nitrogen and oxygen atoms in total. The highest BCUT2D eigenvalue weighted by atomic mass is 16.1. The van der Waals surface area contributed by atoms with Crippen LogP contribution in [0.5, 0.6) is 0 Å². The zero-order valence-corrected chi connectivity index (χ0v) is 13.8. The van der Waals surface area contributed by atoms with Gasteiger partial charge in [0.25, 0.3) is 5.91 Å². The molecule has 0 saturated heterocycles. The number of aryl methyl sites for hydroxylation is 1. The Kier molecular flexibility index (Phi) is 3.94. The maximum atomic E-state index is 12.6. The Bertz CT molecular complexity index is 1040. The summed E-state index contributed by atoms with van der Waals surface area (Å²) >= 11 is 0. The molecule has 0 aromatic carbocycles. The fraction of sp³-hybridized carbons (Fsp3) is 0.0588. The molecular formula is C17H14N8O. The summed E-state index contributed by atoms with van der Waals surface area (Å²) in [6.45, 7) is 0. The molecule has 0 atom stereocenters. The minimum atomic E-state index is -0.385. The number of H-pyrrole nitrogens is 1. The molecule has 0 aliphatic heterocycles. The van der Waals surface area contributed by atoms with Crippen molar-refractivity contribution in [3.05, 3.63) is 60.9 Å². The highest BCUT2D eigenvalue weighted by Gasteiger charge is 2.16. The number of carbonyl (C=O) groups is 1. The van der Waals surface area contributed by atoms with Crippen LogP contribution in [-0.4, -0.2) is 40.8 Å². The first kappa shape index (κ1) is 15.6. The largest absolute Gasteiger partial charge is 0.317 e. The smallest absolute Gasteiger partial charge is 0.275 e. The van der Waals surface area contributed by atoms with Crippen molar-refractivity contribution in [2.75, 3.05) is 5.32 Å². The molecule has 0 bridgehead atoms. The molecule has 1 amide bonds. The summed E-state index contributed by atoms with van der Waals surface area (Å²) in [5.41, 5.74) is 3.20. The molecule has 0 saturated carbocycles. The number of hydrogen-bond donors (Lipinski definition) is 2. The molecular weight excluding hydrogens is 332 g/mol. The molecule has 9 heteroatoms. The van der Waals surface area contributed by atoms with E-state index in [1.807, 2.05) is 18.2 Å². The monoisotopic (exact) mass is 346 g/mol. The predicted molar refractivity (Wildman–Crippen MR) is 94.0 cm³/mol. The number of pyridine rings is 1. The van der Waals surface area contributed by atoms with Crippen LogP contribution in [0.25, 0.3) is 22.8 Å². The van der Waals surface area contributed by atoms with E-state index in [0.717, 1.165) is 0 Å². The van der Waals surface area contributed by atoms with Gasteiger partial charge >= 0.3 is 0 Å². The second kappa shape index (κ2) is 6.55. The van der Waals surface area contributed by atoms with E-state index in [-0.39, 0.29) is 11.6 Å². The Morgan fingerprint density at radius 3 is 2.85 bits per heavy atom. The van der Waals surface area contributed by atoms with Gasteiger partial charge in [-0.05, 0) is 18.2 Å². The van der Waals surface area contributed by atoms with Crippen molar-refractivity contribution in [1.29, 1.82) is 0 Å². The van der Waals surface area contributed by atoms with Crippen LogP contribution in [0, 0.1) is 0 Å². The molecule has 0 aliphatic carbocycles. The number of hydrogen-bond acceptors (Lipinski definition) is 6. The van der Waals surface area contributed by atoms with Crippen molar-refractivity contribution in [3.8, 4) is 22.8 Å². The molecule has 0 unspecified atom stereocenters. The maximum Gasteiger partial charge on any atom is 0.275 e. The minimum Gasteiger partial charge on any atom is -0.317 e. The molecule has 0 aliphatic rings. The van der Waals surface area contributed by atoms with Gasteiger partial charge in [-0.3, -0.25) is 24.5 Å². The zero-order chi connectivity index (χ0) is 17.9. The first-order valence-electron chi connectivity index (χ1n) is 7.79. The highest BCUT2D eigenvalue weighted by Crippen LogP contribution is 2.24. The fourth-order valence-corrected chi connectivity index (χ4v) is 2.46. The van der Waals surface area contributed by atoms with Gasteiger partial charge in [-0.2, -0.15) is 10.2 Å². The lowest BCUT2D eigenvalue weighted by Gasteiger charge is -2.05. The summed E-state index contributed by atoms with van der Waals surface area (Å²) in [7, 11) is 1.78. The first-order chi connectivity index (χ1) is 12.7. The van der Waals surface area contributed by atoms with Crippen molar-refractivity contribution in [2.45, 2.75) is 0 Å². The molecule has 4 aromatic heterocycles. The van der Waals surface area contributed by atoms with Gasteiger partial charge in [0.05, 0.1) is 29.5 Å². The van der Waals surface area contributed by atoms with Crippen LogP contribution in [0.2, 0.25) is 0 Å². The standard InChI is InChI=1S/C17H14N8O/c1-25-10-15(16(24-25)12-4-2-3-6-19-12)22-17(26)14-9-18-8-13(21-14)11-5-7-20-23-11/h2-10H,1H3,(H,20,23)(H,22,26). The van der Waals surface area contributed by atoms with Crippen LogP contribution in [0.15, 0.2) is 55.2 Å². The number of nitrogens with one attached hydrogen (secondary N) is 2. The maximum absolute atomic E-state index is 12.6. The molecule has 26 heavy (non-hydrogen) atoms. The van der Waals surface area contributed by atoms with Crippen molar-refractivity contribution < 1.29 is 4.79 Å². The van der Waals surface area contributed by atoms with Gasteiger partial charge in [-0.25, -0.2) is 4.98 Å². The predicted octanol–water partition coefficient (Wildman–Crippen LogP) is 1.91. The third-order valence-corrected chi connectivity index (χ3v) is 3.63. The van der Waals surface area contributed by atoms with Crippen molar-refractivity contribution in [3.63, 3.8) is 0 Å².